The second-order valence-corrected chi connectivity index (χ2v) is 7.22. The Morgan fingerprint density at radius 3 is 2.79 bits per heavy atom. The molecule has 144 valence electrons. The molecular weight excluding hydrogens is 378 g/mol. The van der Waals surface area contributed by atoms with Crippen LogP contribution in [0.1, 0.15) is 29.7 Å². The number of hydrogen-bond donors (Lipinski definition) is 0. The molecule has 7 heteroatoms. The van der Waals surface area contributed by atoms with Crippen molar-refractivity contribution >= 4 is 17.6 Å². The van der Waals surface area contributed by atoms with Crippen LogP contribution in [-0.4, -0.2) is 27.4 Å². The molecule has 0 saturated heterocycles. The first-order valence-electron chi connectivity index (χ1n) is 9.11. The fraction of sp³-hybridized carbons (Fsp3) is 0.286. The molecular formula is C21H20ClN3O3. The maximum absolute atomic E-state index is 10.9. The van der Waals surface area contributed by atoms with Crippen LogP contribution in [-0.2, 0) is 35.6 Å². The van der Waals surface area contributed by atoms with Gasteiger partial charge in [0.2, 0.25) is 0 Å². The minimum atomic E-state index is -0.316. The van der Waals surface area contributed by atoms with Gasteiger partial charge in [0.1, 0.15) is 18.1 Å². The van der Waals surface area contributed by atoms with Gasteiger partial charge in [-0.05, 0) is 36.4 Å². The van der Waals surface area contributed by atoms with Gasteiger partial charge in [0, 0.05) is 48.8 Å². The van der Waals surface area contributed by atoms with Crippen LogP contribution in [0.5, 0.6) is 0 Å². The van der Waals surface area contributed by atoms with Crippen molar-refractivity contribution < 1.29 is 13.9 Å². The highest BCUT2D eigenvalue weighted by Gasteiger charge is 2.20. The minimum Gasteiger partial charge on any atom is -0.461 e. The van der Waals surface area contributed by atoms with Crippen molar-refractivity contribution in [2.75, 3.05) is 6.54 Å². The van der Waals surface area contributed by atoms with E-state index in [1.807, 2.05) is 42.6 Å². The quantitative estimate of drug-likeness (QED) is 0.606. The molecule has 4 rings (SSSR count). The van der Waals surface area contributed by atoms with E-state index in [4.69, 9.17) is 25.7 Å². The molecule has 0 radical (unpaired) electrons. The lowest BCUT2D eigenvalue weighted by atomic mass is 10.1. The van der Waals surface area contributed by atoms with Crippen molar-refractivity contribution in [3.8, 4) is 11.4 Å². The van der Waals surface area contributed by atoms with E-state index in [0.717, 1.165) is 47.9 Å². The molecule has 1 aliphatic heterocycles. The number of halogens is 1. The van der Waals surface area contributed by atoms with Gasteiger partial charge in [-0.1, -0.05) is 11.6 Å². The SMILES string of the molecule is CC(=O)OCc1ccc(CN2CCc3nc(-c4ccc(Cl)cc4)ncc3C2)o1. The van der Waals surface area contributed by atoms with Crippen LogP contribution in [0.2, 0.25) is 5.02 Å². The number of furan rings is 1. The zero-order chi connectivity index (χ0) is 19.5. The van der Waals surface area contributed by atoms with E-state index in [2.05, 4.69) is 9.88 Å². The Morgan fingerprint density at radius 1 is 1.21 bits per heavy atom. The predicted octanol–water partition coefficient (Wildman–Crippen LogP) is 4.01. The van der Waals surface area contributed by atoms with Gasteiger partial charge in [-0.25, -0.2) is 9.97 Å². The fourth-order valence-electron chi connectivity index (χ4n) is 3.23. The second-order valence-electron chi connectivity index (χ2n) is 6.78. The van der Waals surface area contributed by atoms with Gasteiger partial charge in [0.05, 0.1) is 12.2 Å². The Morgan fingerprint density at radius 2 is 2.00 bits per heavy atom. The summed E-state index contributed by atoms with van der Waals surface area (Å²) in [7, 11) is 0. The second kappa shape index (κ2) is 8.12. The van der Waals surface area contributed by atoms with Crippen molar-refractivity contribution in [2.24, 2.45) is 0 Å². The third-order valence-corrected chi connectivity index (χ3v) is 4.88. The number of hydrogen-bond acceptors (Lipinski definition) is 6. The van der Waals surface area contributed by atoms with Crippen molar-refractivity contribution in [1.29, 1.82) is 0 Å². The Hall–Kier alpha value is -2.70. The third kappa shape index (κ3) is 4.40. The van der Waals surface area contributed by atoms with Gasteiger partial charge in [-0.15, -0.1) is 0 Å². The van der Waals surface area contributed by atoms with Gasteiger partial charge in [0.25, 0.3) is 0 Å². The van der Waals surface area contributed by atoms with Crippen molar-refractivity contribution in [1.82, 2.24) is 14.9 Å². The Balaban J connectivity index is 1.41. The van der Waals surface area contributed by atoms with Crippen molar-refractivity contribution in [2.45, 2.75) is 33.0 Å². The molecule has 28 heavy (non-hydrogen) atoms. The molecule has 1 aromatic carbocycles. The van der Waals surface area contributed by atoms with E-state index in [0.29, 0.717) is 17.3 Å². The number of nitrogens with zero attached hydrogens (tertiary/aromatic N) is 3. The molecule has 0 fully saturated rings. The molecule has 1 aliphatic rings. The topological polar surface area (TPSA) is 68.5 Å². The monoisotopic (exact) mass is 397 g/mol. The highest BCUT2D eigenvalue weighted by molar-refractivity contribution is 6.30. The molecule has 2 aromatic heterocycles. The first-order valence-corrected chi connectivity index (χ1v) is 9.48. The number of carbonyl (C=O) groups is 1. The number of benzene rings is 1. The molecule has 0 atom stereocenters. The maximum Gasteiger partial charge on any atom is 0.303 e. The van der Waals surface area contributed by atoms with Gasteiger partial charge in [-0.3, -0.25) is 9.69 Å². The Labute approximate surface area is 168 Å². The van der Waals surface area contributed by atoms with E-state index >= 15 is 0 Å². The molecule has 0 saturated carbocycles. The zero-order valence-corrected chi connectivity index (χ0v) is 16.3. The molecule has 3 heterocycles. The lowest BCUT2D eigenvalue weighted by Crippen LogP contribution is -2.30. The number of carbonyl (C=O) groups excluding carboxylic acids is 1. The summed E-state index contributed by atoms with van der Waals surface area (Å²) in [6, 6.07) is 11.3. The molecule has 3 aromatic rings. The van der Waals surface area contributed by atoms with Gasteiger partial charge >= 0.3 is 5.97 Å². The minimum absolute atomic E-state index is 0.166. The van der Waals surface area contributed by atoms with Crippen LogP contribution in [0, 0.1) is 0 Å². The number of fused-ring (bicyclic) bond motifs is 1. The molecule has 0 unspecified atom stereocenters. The maximum atomic E-state index is 10.9. The normalized spacial score (nSPS) is 13.9. The molecule has 0 N–H and O–H groups in total. The summed E-state index contributed by atoms with van der Waals surface area (Å²) in [6.45, 7) is 3.91. The zero-order valence-electron chi connectivity index (χ0n) is 15.5. The number of ether oxygens (including phenoxy) is 1. The van der Waals surface area contributed by atoms with Gasteiger partial charge < -0.3 is 9.15 Å². The summed E-state index contributed by atoms with van der Waals surface area (Å²) in [4.78, 5) is 22.5. The molecule has 6 nitrogen and oxygen atoms in total. The number of rotatable bonds is 5. The highest BCUT2D eigenvalue weighted by atomic mass is 35.5. The van der Waals surface area contributed by atoms with E-state index < -0.39 is 0 Å². The molecule has 0 amide bonds. The Kier molecular flexibility index (Phi) is 5.41. The fourth-order valence-corrected chi connectivity index (χ4v) is 3.35. The van der Waals surface area contributed by atoms with Crippen LogP contribution in [0.3, 0.4) is 0 Å². The lowest BCUT2D eigenvalue weighted by molar-refractivity contribution is -0.142. The summed E-state index contributed by atoms with van der Waals surface area (Å²) >= 11 is 5.95. The van der Waals surface area contributed by atoms with Crippen molar-refractivity contribution in [3.63, 3.8) is 0 Å². The largest absolute Gasteiger partial charge is 0.461 e. The summed E-state index contributed by atoms with van der Waals surface area (Å²) in [5.41, 5.74) is 3.19. The predicted molar refractivity (Wildman–Crippen MR) is 104 cm³/mol. The average Bonchev–Trinajstić information content (AvgIpc) is 3.14. The highest BCUT2D eigenvalue weighted by Crippen LogP contribution is 2.23. The Bertz CT molecular complexity index is 985. The standard InChI is InChI=1S/C21H20ClN3O3/c1-14(26)27-13-19-7-6-18(28-19)12-25-9-8-20-16(11-25)10-23-21(24-20)15-2-4-17(22)5-3-15/h2-7,10H,8-9,11-13H2,1H3. The molecule has 0 aliphatic carbocycles. The van der Waals surface area contributed by atoms with Crippen LogP contribution in [0.4, 0.5) is 0 Å². The number of esters is 1. The van der Waals surface area contributed by atoms with Crippen LogP contribution < -0.4 is 0 Å². The van der Waals surface area contributed by atoms with Gasteiger partial charge in [0.15, 0.2) is 5.82 Å². The van der Waals surface area contributed by atoms with Crippen LogP contribution in [0.15, 0.2) is 47.0 Å². The van der Waals surface area contributed by atoms with Crippen molar-refractivity contribution in [3.05, 3.63) is 70.4 Å². The first kappa shape index (κ1) is 18.7. The summed E-state index contributed by atoms with van der Waals surface area (Å²) in [6.07, 6.45) is 2.77. The molecule has 0 bridgehead atoms. The summed E-state index contributed by atoms with van der Waals surface area (Å²) in [5.74, 6) is 1.91. The average molecular weight is 398 g/mol. The van der Waals surface area contributed by atoms with Gasteiger partial charge in [-0.2, -0.15) is 0 Å². The number of aromatic nitrogens is 2. The first-order chi connectivity index (χ1) is 13.6. The van der Waals surface area contributed by atoms with E-state index in [9.17, 15) is 4.79 Å². The summed E-state index contributed by atoms with van der Waals surface area (Å²) < 4.78 is 10.7. The summed E-state index contributed by atoms with van der Waals surface area (Å²) in [5, 5.41) is 0.700. The third-order valence-electron chi connectivity index (χ3n) is 4.63. The van der Waals surface area contributed by atoms with Crippen LogP contribution >= 0.6 is 11.6 Å². The van der Waals surface area contributed by atoms with E-state index in [-0.39, 0.29) is 12.6 Å². The van der Waals surface area contributed by atoms with E-state index in [1.54, 1.807) is 0 Å². The lowest BCUT2D eigenvalue weighted by Gasteiger charge is -2.27. The van der Waals surface area contributed by atoms with E-state index in [1.165, 1.54) is 6.92 Å². The van der Waals surface area contributed by atoms with Crippen LogP contribution in [0.25, 0.3) is 11.4 Å². The smallest absolute Gasteiger partial charge is 0.303 e. The molecule has 0 spiro atoms.